The van der Waals surface area contributed by atoms with Crippen molar-refractivity contribution in [2.45, 2.75) is 25.4 Å². The second-order valence-corrected chi connectivity index (χ2v) is 4.75. The van der Waals surface area contributed by atoms with E-state index in [-0.39, 0.29) is 0 Å². The molecular weight excluding hydrogens is 242 g/mol. The van der Waals surface area contributed by atoms with Crippen molar-refractivity contribution in [3.8, 4) is 11.3 Å². The molecule has 0 spiro atoms. The summed E-state index contributed by atoms with van der Waals surface area (Å²) in [5.74, 6) is 0.774. The van der Waals surface area contributed by atoms with Gasteiger partial charge in [0.1, 0.15) is 5.69 Å². The first kappa shape index (κ1) is 10.7. The Morgan fingerprint density at radius 1 is 1.37 bits per heavy atom. The third-order valence-electron chi connectivity index (χ3n) is 3.35. The van der Waals surface area contributed by atoms with E-state index in [2.05, 4.69) is 20.4 Å². The Labute approximate surface area is 109 Å². The van der Waals surface area contributed by atoms with Gasteiger partial charge in [0.25, 0.3) is 0 Å². The molecule has 1 aliphatic carbocycles. The summed E-state index contributed by atoms with van der Waals surface area (Å²) in [6.45, 7) is 0.730. The van der Waals surface area contributed by atoms with E-state index in [1.807, 2.05) is 6.20 Å². The van der Waals surface area contributed by atoms with Crippen LogP contribution >= 0.6 is 0 Å². The Morgan fingerprint density at radius 3 is 3.21 bits per heavy atom. The van der Waals surface area contributed by atoms with Crippen molar-refractivity contribution >= 4 is 5.52 Å². The zero-order chi connectivity index (χ0) is 12.7. The van der Waals surface area contributed by atoms with Crippen LogP contribution in [0.1, 0.15) is 18.5 Å². The maximum absolute atomic E-state index is 5.54. The first-order valence-electron chi connectivity index (χ1n) is 6.35. The summed E-state index contributed by atoms with van der Waals surface area (Å²) in [5, 5.41) is 7.74. The first-order valence-corrected chi connectivity index (χ1v) is 6.35. The fourth-order valence-electron chi connectivity index (χ4n) is 2.15. The van der Waals surface area contributed by atoms with Gasteiger partial charge in [-0.3, -0.25) is 4.98 Å². The number of fused-ring (bicyclic) bond motifs is 1. The Balaban J connectivity index is 1.72. The third kappa shape index (κ3) is 1.90. The molecule has 19 heavy (non-hydrogen) atoms. The molecule has 1 saturated carbocycles. The standard InChI is InChI=1S/C13H13N5O/c1-2-9(1)15-6-11-13(19-8-16-11)10-5-17-18-4-3-14-7-12(10)18/h3-5,7-9,15H,1-2,6H2. The fourth-order valence-corrected chi connectivity index (χ4v) is 2.15. The van der Waals surface area contributed by atoms with E-state index in [1.165, 1.54) is 19.2 Å². The summed E-state index contributed by atoms with van der Waals surface area (Å²) in [7, 11) is 0. The summed E-state index contributed by atoms with van der Waals surface area (Å²) >= 11 is 0. The van der Waals surface area contributed by atoms with Gasteiger partial charge >= 0.3 is 0 Å². The first-order chi connectivity index (χ1) is 9.42. The van der Waals surface area contributed by atoms with Gasteiger partial charge in [-0.25, -0.2) is 9.50 Å². The quantitative estimate of drug-likeness (QED) is 0.767. The molecule has 1 N–H and O–H groups in total. The SMILES string of the molecule is c1cn2ncc(-c3ocnc3CNC3CC3)c2cn1. The number of nitrogens with zero attached hydrogens (tertiary/aromatic N) is 4. The molecule has 6 nitrogen and oxygen atoms in total. The summed E-state index contributed by atoms with van der Waals surface area (Å²) < 4.78 is 7.32. The van der Waals surface area contributed by atoms with Gasteiger partial charge in [-0.15, -0.1) is 0 Å². The van der Waals surface area contributed by atoms with Gasteiger partial charge in [-0.1, -0.05) is 0 Å². The van der Waals surface area contributed by atoms with Gasteiger partial charge in [-0.05, 0) is 12.8 Å². The third-order valence-corrected chi connectivity index (χ3v) is 3.35. The number of hydrogen-bond donors (Lipinski definition) is 1. The van der Waals surface area contributed by atoms with Gasteiger partial charge < -0.3 is 9.73 Å². The Hall–Kier alpha value is -2.21. The van der Waals surface area contributed by atoms with Gasteiger partial charge in [0.15, 0.2) is 12.2 Å². The lowest BCUT2D eigenvalue weighted by Gasteiger charge is -2.01. The minimum Gasteiger partial charge on any atom is -0.443 e. The predicted octanol–water partition coefficient (Wildman–Crippen LogP) is 1.64. The number of nitrogens with one attached hydrogen (secondary N) is 1. The van der Waals surface area contributed by atoms with Crippen molar-refractivity contribution in [1.82, 2.24) is 24.9 Å². The lowest BCUT2D eigenvalue weighted by molar-refractivity contribution is 0.570. The molecule has 6 heteroatoms. The van der Waals surface area contributed by atoms with Crippen LogP contribution in [0.15, 0.2) is 35.6 Å². The molecule has 3 aromatic heterocycles. The van der Waals surface area contributed by atoms with Gasteiger partial charge in [0.2, 0.25) is 0 Å². The molecule has 0 saturated heterocycles. The molecule has 0 amide bonds. The van der Waals surface area contributed by atoms with Crippen LogP contribution in [0.25, 0.3) is 16.8 Å². The van der Waals surface area contributed by atoms with E-state index in [4.69, 9.17) is 4.42 Å². The molecule has 0 radical (unpaired) electrons. The van der Waals surface area contributed by atoms with Crippen LogP contribution in [0.4, 0.5) is 0 Å². The Morgan fingerprint density at radius 2 is 2.32 bits per heavy atom. The second kappa shape index (κ2) is 4.17. The topological polar surface area (TPSA) is 68.2 Å². The van der Waals surface area contributed by atoms with Gasteiger partial charge in [0, 0.05) is 25.0 Å². The molecule has 3 heterocycles. The van der Waals surface area contributed by atoms with E-state index in [0.29, 0.717) is 6.04 Å². The largest absolute Gasteiger partial charge is 0.443 e. The molecule has 4 rings (SSSR count). The van der Waals surface area contributed by atoms with E-state index in [0.717, 1.165) is 29.1 Å². The molecule has 96 valence electrons. The minimum atomic E-state index is 0.648. The van der Waals surface area contributed by atoms with Crippen molar-refractivity contribution in [1.29, 1.82) is 0 Å². The van der Waals surface area contributed by atoms with Crippen LogP contribution in [0, 0.1) is 0 Å². The van der Waals surface area contributed by atoms with E-state index in [9.17, 15) is 0 Å². The van der Waals surface area contributed by atoms with Crippen molar-refractivity contribution in [3.63, 3.8) is 0 Å². The highest BCUT2D eigenvalue weighted by Crippen LogP contribution is 2.27. The van der Waals surface area contributed by atoms with E-state index < -0.39 is 0 Å². The highest BCUT2D eigenvalue weighted by molar-refractivity contribution is 5.77. The molecule has 0 atom stereocenters. The van der Waals surface area contributed by atoms with Gasteiger partial charge in [-0.2, -0.15) is 5.10 Å². The summed E-state index contributed by atoms with van der Waals surface area (Å²) in [4.78, 5) is 8.42. The number of aromatic nitrogens is 4. The molecule has 3 aromatic rings. The number of oxazole rings is 1. The highest BCUT2D eigenvalue weighted by Gasteiger charge is 2.22. The fraction of sp³-hybridized carbons (Fsp3) is 0.308. The van der Waals surface area contributed by atoms with Crippen LogP contribution in [0.2, 0.25) is 0 Å². The van der Waals surface area contributed by atoms with E-state index in [1.54, 1.807) is 23.1 Å². The maximum atomic E-state index is 5.54. The van der Waals surface area contributed by atoms with Crippen LogP contribution in [0.3, 0.4) is 0 Å². The van der Waals surface area contributed by atoms with Crippen molar-refractivity contribution in [2.75, 3.05) is 0 Å². The normalized spacial score (nSPS) is 15.2. The lowest BCUT2D eigenvalue weighted by Crippen LogP contribution is -2.15. The summed E-state index contributed by atoms with van der Waals surface area (Å²) in [6.07, 6.45) is 11.1. The minimum absolute atomic E-state index is 0.648. The Bertz CT molecular complexity index is 712. The van der Waals surface area contributed by atoms with Crippen molar-refractivity contribution < 1.29 is 4.42 Å². The monoisotopic (exact) mass is 255 g/mol. The molecule has 1 fully saturated rings. The smallest absolute Gasteiger partial charge is 0.181 e. The number of rotatable bonds is 4. The zero-order valence-electron chi connectivity index (χ0n) is 10.3. The maximum Gasteiger partial charge on any atom is 0.181 e. The molecule has 1 aliphatic rings. The summed E-state index contributed by atoms with van der Waals surface area (Å²) in [5.41, 5.74) is 2.77. The van der Waals surface area contributed by atoms with Crippen LogP contribution < -0.4 is 5.32 Å². The predicted molar refractivity (Wildman–Crippen MR) is 68.3 cm³/mol. The van der Waals surface area contributed by atoms with Crippen LogP contribution in [-0.2, 0) is 6.54 Å². The molecule has 0 aromatic carbocycles. The summed E-state index contributed by atoms with van der Waals surface area (Å²) in [6, 6.07) is 0.648. The lowest BCUT2D eigenvalue weighted by atomic mass is 10.2. The number of hydrogen-bond acceptors (Lipinski definition) is 5. The Kier molecular flexibility index (Phi) is 2.34. The van der Waals surface area contributed by atoms with Crippen molar-refractivity contribution in [3.05, 3.63) is 36.9 Å². The molecule has 0 unspecified atom stereocenters. The zero-order valence-corrected chi connectivity index (χ0v) is 10.3. The van der Waals surface area contributed by atoms with Gasteiger partial charge in [0.05, 0.1) is 23.5 Å². The average molecular weight is 255 g/mol. The second-order valence-electron chi connectivity index (χ2n) is 4.75. The highest BCUT2D eigenvalue weighted by atomic mass is 16.3. The van der Waals surface area contributed by atoms with E-state index >= 15 is 0 Å². The van der Waals surface area contributed by atoms with Crippen molar-refractivity contribution in [2.24, 2.45) is 0 Å². The molecule has 0 aliphatic heterocycles. The molecule has 0 bridgehead atoms. The molecular formula is C13H13N5O. The average Bonchev–Trinajstić information content (AvgIpc) is 3.00. The van der Waals surface area contributed by atoms with Crippen LogP contribution in [-0.4, -0.2) is 25.6 Å². The van der Waals surface area contributed by atoms with Crippen LogP contribution in [0.5, 0.6) is 0 Å².